The van der Waals surface area contributed by atoms with Crippen molar-refractivity contribution in [1.82, 2.24) is 0 Å². The maximum absolute atomic E-state index is 11.1. The van der Waals surface area contributed by atoms with Crippen LogP contribution < -0.4 is 0 Å². The molecule has 0 aliphatic heterocycles. The lowest BCUT2D eigenvalue weighted by molar-refractivity contribution is 0.104. The predicted molar refractivity (Wildman–Crippen MR) is 52.8 cm³/mol. The number of hydrogen-bond acceptors (Lipinski definition) is 2. The number of thioether (sulfide) groups is 1. The molecule has 1 nitrogen and oxygen atoms in total. The highest BCUT2D eigenvalue weighted by molar-refractivity contribution is 7.98. The summed E-state index contributed by atoms with van der Waals surface area (Å²) in [4.78, 5) is 12.3. The summed E-state index contributed by atoms with van der Waals surface area (Å²) in [5.74, 6) is -0.0253. The van der Waals surface area contributed by atoms with Gasteiger partial charge in [0.05, 0.1) is 0 Å². The number of benzene rings is 1. The van der Waals surface area contributed by atoms with Gasteiger partial charge in [0.15, 0.2) is 5.78 Å². The first-order valence-corrected chi connectivity index (χ1v) is 4.81. The molecule has 0 amide bonds. The molecule has 0 unspecified atom stereocenters. The van der Waals surface area contributed by atoms with Crippen LogP contribution in [0, 0.1) is 0 Å². The average Bonchev–Trinajstić information content (AvgIpc) is 2.17. The molecule has 12 heavy (non-hydrogen) atoms. The van der Waals surface area contributed by atoms with Gasteiger partial charge in [-0.3, -0.25) is 4.79 Å². The lowest BCUT2D eigenvalue weighted by Crippen LogP contribution is -1.91. The van der Waals surface area contributed by atoms with E-state index in [1.54, 1.807) is 11.8 Å². The van der Waals surface area contributed by atoms with Crippen molar-refractivity contribution in [2.75, 3.05) is 6.26 Å². The molecule has 0 aliphatic carbocycles. The first kappa shape index (κ1) is 9.07. The van der Waals surface area contributed by atoms with Gasteiger partial charge in [0.1, 0.15) is 0 Å². The van der Waals surface area contributed by atoms with Gasteiger partial charge in [0.25, 0.3) is 0 Å². The number of ketones is 1. The highest BCUT2D eigenvalue weighted by atomic mass is 32.2. The standard InChI is InChI=1S/C10H10OS/c1-3-10(11)8-4-6-9(12-2)7-5-8/h3-7H,1H2,2H3. The van der Waals surface area contributed by atoms with Crippen molar-refractivity contribution >= 4 is 17.5 Å². The van der Waals surface area contributed by atoms with E-state index in [-0.39, 0.29) is 5.78 Å². The predicted octanol–water partition coefficient (Wildman–Crippen LogP) is 2.78. The third-order valence-corrected chi connectivity index (χ3v) is 2.30. The van der Waals surface area contributed by atoms with Crippen molar-refractivity contribution < 1.29 is 4.79 Å². The Hall–Kier alpha value is -1.02. The molecule has 0 heterocycles. The van der Waals surface area contributed by atoms with E-state index in [0.717, 1.165) is 4.90 Å². The molecule has 0 aliphatic rings. The van der Waals surface area contributed by atoms with Gasteiger partial charge >= 0.3 is 0 Å². The summed E-state index contributed by atoms with van der Waals surface area (Å²) in [7, 11) is 0. The van der Waals surface area contributed by atoms with Crippen LogP contribution in [0.25, 0.3) is 0 Å². The van der Waals surface area contributed by atoms with E-state index in [4.69, 9.17) is 0 Å². The zero-order valence-electron chi connectivity index (χ0n) is 6.91. The van der Waals surface area contributed by atoms with Crippen LogP contribution in [-0.2, 0) is 0 Å². The van der Waals surface area contributed by atoms with Crippen LogP contribution in [-0.4, -0.2) is 12.0 Å². The number of rotatable bonds is 3. The van der Waals surface area contributed by atoms with Crippen molar-refractivity contribution in [2.45, 2.75) is 4.90 Å². The van der Waals surface area contributed by atoms with E-state index in [1.807, 2.05) is 30.5 Å². The number of carbonyl (C=O) groups excluding carboxylic acids is 1. The highest BCUT2D eigenvalue weighted by Crippen LogP contribution is 2.14. The lowest BCUT2D eigenvalue weighted by atomic mass is 10.1. The fourth-order valence-electron chi connectivity index (χ4n) is 0.873. The molecule has 0 spiro atoms. The van der Waals surface area contributed by atoms with E-state index in [1.165, 1.54) is 6.08 Å². The average molecular weight is 178 g/mol. The molecular formula is C10H10OS. The Morgan fingerprint density at radius 2 is 2.00 bits per heavy atom. The maximum Gasteiger partial charge on any atom is 0.185 e. The van der Waals surface area contributed by atoms with Crippen molar-refractivity contribution in [2.24, 2.45) is 0 Å². The molecule has 0 atom stereocenters. The second-order valence-electron chi connectivity index (χ2n) is 2.30. The molecule has 2 heteroatoms. The second-order valence-corrected chi connectivity index (χ2v) is 3.18. The summed E-state index contributed by atoms with van der Waals surface area (Å²) >= 11 is 1.66. The van der Waals surface area contributed by atoms with Crippen molar-refractivity contribution in [3.8, 4) is 0 Å². The van der Waals surface area contributed by atoms with E-state index in [0.29, 0.717) is 5.56 Å². The maximum atomic E-state index is 11.1. The molecule has 1 rings (SSSR count). The quantitative estimate of drug-likeness (QED) is 0.402. The summed E-state index contributed by atoms with van der Waals surface area (Å²) in [6, 6.07) is 7.49. The largest absolute Gasteiger partial charge is 0.289 e. The van der Waals surface area contributed by atoms with Crippen LogP contribution >= 0.6 is 11.8 Å². The van der Waals surface area contributed by atoms with E-state index >= 15 is 0 Å². The Morgan fingerprint density at radius 3 is 2.42 bits per heavy atom. The van der Waals surface area contributed by atoms with E-state index in [2.05, 4.69) is 6.58 Å². The molecular weight excluding hydrogens is 168 g/mol. The van der Waals surface area contributed by atoms with Crippen LogP contribution in [0.2, 0.25) is 0 Å². The first-order chi connectivity index (χ1) is 5.77. The molecule has 1 aromatic carbocycles. The summed E-state index contributed by atoms with van der Waals surface area (Å²) in [5, 5.41) is 0. The normalized spacial score (nSPS) is 9.42. The fraction of sp³-hybridized carbons (Fsp3) is 0.100. The fourth-order valence-corrected chi connectivity index (χ4v) is 1.28. The van der Waals surface area contributed by atoms with Crippen LogP contribution in [0.3, 0.4) is 0 Å². The first-order valence-electron chi connectivity index (χ1n) is 3.58. The zero-order chi connectivity index (χ0) is 8.97. The smallest absolute Gasteiger partial charge is 0.185 e. The van der Waals surface area contributed by atoms with Crippen LogP contribution in [0.4, 0.5) is 0 Å². The number of carbonyl (C=O) groups is 1. The van der Waals surface area contributed by atoms with Gasteiger partial charge in [-0.1, -0.05) is 6.58 Å². The van der Waals surface area contributed by atoms with Gasteiger partial charge in [0, 0.05) is 10.5 Å². The number of allylic oxidation sites excluding steroid dienone is 1. The molecule has 0 bridgehead atoms. The highest BCUT2D eigenvalue weighted by Gasteiger charge is 1.99. The third-order valence-electron chi connectivity index (χ3n) is 1.56. The van der Waals surface area contributed by atoms with Crippen LogP contribution in [0.15, 0.2) is 41.8 Å². The summed E-state index contributed by atoms with van der Waals surface area (Å²) in [5.41, 5.74) is 0.697. The van der Waals surface area contributed by atoms with Gasteiger partial charge in [0.2, 0.25) is 0 Å². The Labute approximate surface area is 76.5 Å². The van der Waals surface area contributed by atoms with Gasteiger partial charge in [-0.2, -0.15) is 0 Å². The summed E-state index contributed by atoms with van der Waals surface area (Å²) in [6.45, 7) is 3.42. The molecule has 0 saturated carbocycles. The third kappa shape index (κ3) is 1.98. The lowest BCUT2D eigenvalue weighted by Gasteiger charge is -1.97. The Bertz CT molecular complexity index is 287. The number of hydrogen-bond donors (Lipinski definition) is 0. The zero-order valence-corrected chi connectivity index (χ0v) is 7.73. The Balaban J connectivity index is 2.91. The van der Waals surface area contributed by atoms with Crippen LogP contribution in [0.1, 0.15) is 10.4 Å². The van der Waals surface area contributed by atoms with Crippen molar-refractivity contribution in [1.29, 1.82) is 0 Å². The minimum atomic E-state index is -0.0253. The monoisotopic (exact) mass is 178 g/mol. The van der Waals surface area contributed by atoms with Gasteiger partial charge in [-0.15, -0.1) is 11.8 Å². The summed E-state index contributed by atoms with van der Waals surface area (Å²) < 4.78 is 0. The van der Waals surface area contributed by atoms with Crippen molar-refractivity contribution in [3.63, 3.8) is 0 Å². The minimum Gasteiger partial charge on any atom is -0.289 e. The van der Waals surface area contributed by atoms with E-state index < -0.39 is 0 Å². The van der Waals surface area contributed by atoms with E-state index in [9.17, 15) is 4.79 Å². The summed E-state index contributed by atoms with van der Waals surface area (Å²) in [6.07, 6.45) is 3.33. The SMILES string of the molecule is C=CC(=O)c1ccc(SC)cc1. The molecule has 62 valence electrons. The Morgan fingerprint density at radius 1 is 1.42 bits per heavy atom. The van der Waals surface area contributed by atoms with Crippen molar-refractivity contribution in [3.05, 3.63) is 42.5 Å². The second kappa shape index (κ2) is 4.12. The molecule has 0 fully saturated rings. The topological polar surface area (TPSA) is 17.1 Å². The molecule has 0 N–H and O–H groups in total. The minimum absolute atomic E-state index is 0.0253. The van der Waals surface area contributed by atoms with Gasteiger partial charge < -0.3 is 0 Å². The van der Waals surface area contributed by atoms with Gasteiger partial charge in [-0.25, -0.2) is 0 Å². The molecule has 0 aromatic heterocycles. The molecule has 0 radical (unpaired) electrons. The van der Waals surface area contributed by atoms with Crippen LogP contribution in [0.5, 0.6) is 0 Å². The molecule has 0 saturated heterocycles. The van der Waals surface area contributed by atoms with Gasteiger partial charge in [-0.05, 0) is 36.6 Å². The molecule has 1 aromatic rings. The Kier molecular flexibility index (Phi) is 3.11.